The highest BCUT2D eigenvalue weighted by Crippen LogP contribution is 2.41. The Morgan fingerprint density at radius 1 is 1.13 bits per heavy atom. The molecule has 0 aliphatic carbocycles. The lowest BCUT2D eigenvalue weighted by Crippen LogP contribution is -2.31. The van der Waals surface area contributed by atoms with Crippen molar-refractivity contribution in [2.24, 2.45) is 0 Å². The normalized spacial score (nSPS) is 13.1. The van der Waals surface area contributed by atoms with Crippen LogP contribution in [0.2, 0.25) is 0 Å². The van der Waals surface area contributed by atoms with Crippen LogP contribution in [0.3, 0.4) is 0 Å². The second kappa shape index (κ2) is 11.3. The summed E-state index contributed by atoms with van der Waals surface area (Å²) in [6, 6.07) is 11.1. The number of methoxy groups -OCH3 is 1. The van der Waals surface area contributed by atoms with Crippen molar-refractivity contribution < 1.29 is 19.0 Å². The van der Waals surface area contributed by atoms with E-state index in [2.05, 4.69) is 11.8 Å². The Hall–Kier alpha value is -2.18. The maximum Gasteiger partial charge on any atom is 0.143 e. The van der Waals surface area contributed by atoms with E-state index in [1.165, 1.54) is 6.07 Å². The molecular formula is C24H30FNO3S. The maximum absolute atomic E-state index is 14.9. The van der Waals surface area contributed by atoms with Gasteiger partial charge in [-0.15, -0.1) is 0 Å². The van der Waals surface area contributed by atoms with Crippen molar-refractivity contribution in [3.63, 3.8) is 0 Å². The minimum atomic E-state index is -0.238. The van der Waals surface area contributed by atoms with Crippen molar-refractivity contribution in [1.29, 1.82) is 0 Å². The van der Waals surface area contributed by atoms with Crippen molar-refractivity contribution in [3.8, 4) is 11.5 Å². The molecular weight excluding hydrogens is 401 g/mol. The molecule has 162 valence electrons. The van der Waals surface area contributed by atoms with Crippen LogP contribution in [0.5, 0.6) is 11.5 Å². The van der Waals surface area contributed by atoms with Gasteiger partial charge in [0.25, 0.3) is 0 Å². The standard InChI is InChI=1S/C24H30FNO3S/c1-3-13-29-23-10-9-22(25)21-16-19(18-5-7-20(28-2)8-6-18)17-26(24(21)23)11-15-30-14-4-12-27/h5-10,16,27H,3-4,11-15,17H2,1-2H3. The van der Waals surface area contributed by atoms with Gasteiger partial charge in [-0.1, -0.05) is 19.1 Å². The molecule has 0 spiro atoms. The van der Waals surface area contributed by atoms with E-state index >= 15 is 0 Å². The van der Waals surface area contributed by atoms with E-state index in [9.17, 15) is 4.39 Å². The molecule has 0 radical (unpaired) electrons. The summed E-state index contributed by atoms with van der Waals surface area (Å²) in [7, 11) is 1.65. The van der Waals surface area contributed by atoms with Crippen LogP contribution in [0, 0.1) is 5.82 Å². The number of fused-ring (bicyclic) bond motifs is 1. The van der Waals surface area contributed by atoms with Gasteiger partial charge >= 0.3 is 0 Å². The van der Waals surface area contributed by atoms with E-state index in [0.717, 1.165) is 59.2 Å². The zero-order valence-electron chi connectivity index (χ0n) is 17.7. The van der Waals surface area contributed by atoms with Gasteiger partial charge in [-0.25, -0.2) is 4.39 Å². The highest BCUT2D eigenvalue weighted by molar-refractivity contribution is 7.99. The quantitative estimate of drug-likeness (QED) is 0.502. The molecule has 0 amide bonds. The van der Waals surface area contributed by atoms with Crippen LogP contribution in [-0.4, -0.2) is 50.0 Å². The average Bonchev–Trinajstić information content (AvgIpc) is 2.78. The molecule has 0 aromatic heterocycles. The molecule has 6 heteroatoms. The van der Waals surface area contributed by atoms with Crippen molar-refractivity contribution in [2.45, 2.75) is 19.8 Å². The number of hydrogen-bond acceptors (Lipinski definition) is 5. The summed E-state index contributed by atoms with van der Waals surface area (Å²) in [4.78, 5) is 2.22. The van der Waals surface area contributed by atoms with Crippen LogP contribution >= 0.6 is 11.8 Å². The molecule has 0 atom stereocenters. The lowest BCUT2D eigenvalue weighted by molar-refractivity contribution is 0.296. The molecule has 3 rings (SSSR count). The number of rotatable bonds is 11. The Bertz CT molecular complexity index is 854. The monoisotopic (exact) mass is 431 g/mol. The van der Waals surface area contributed by atoms with Gasteiger partial charge in [-0.3, -0.25) is 0 Å². The molecule has 0 unspecified atom stereocenters. The number of aliphatic hydroxyl groups excluding tert-OH is 1. The Labute approximate surface area is 182 Å². The minimum Gasteiger partial charge on any atom is -0.497 e. The number of nitrogens with zero attached hydrogens (tertiary/aromatic N) is 1. The topological polar surface area (TPSA) is 41.9 Å². The molecule has 0 bridgehead atoms. The van der Waals surface area contributed by atoms with Gasteiger partial charge in [0.15, 0.2) is 0 Å². The molecule has 1 aliphatic rings. The van der Waals surface area contributed by atoms with Crippen LogP contribution in [-0.2, 0) is 0 Å². The van der Waals surface area contributed by atoms with E-state index in [0.29, 0.717) is 18.7 Å². The van der Waals surface area contributed by atoms with Crippen LogP contribution in [0.15, 0.2) is 36.4 Å². The van der Waals surface area contributed by atoms with Crippen LogP contribution in [0.25, 0.3) is 11.6 Å². The number of hydrogen-bond donors (Lipinski definition) is 1. The summed E-state index contributed by atoms with van der Waals surface area (Å²) in [5.41, 5.74) is 3.54. The smallest absolute Gasteiger partial charge is 0.143 e. The van der Waals surface area contributed by atoms with Crippen LogP contribution in [0.1, 0.15) is 30.9 Å². The summed E-state index contributed by atoms with van der Waals surface area (Å²) in [5, 5.41) is 8.99. The second-order valence-corrected chi connectivity index (χ2v) is 8.39. The average molecular weight is 432 g/mol. The predicted molar refractivity (Wildman–Crippen MR) is 124 cm³/mol. The highest BCUT2D eigenvalue weighted by atomic mass is 32.2. The number of ether oxygens (including phenoxy) is 2. The fourth-order valence-electron chi connectivity index (χ4n) is 3.47. The second-order valence-electron chi connectivity index (χ2n) is 7.17. The first kappa shape index (κ1) is 22.5. The molecule has 0 saturated heterocycles. The van der Waals surface area contributed by atoms with Gasteiger partial charge < -0.3 is 19.5 Å². The number of benzene rings is 2. The van der Waals surface area contributed by atoms with E-state index in [1.54, 1.807) is 24.9 Å². The van der Waals surface area contributed by atoms with Gasteiger partial charge in [-0.2, -0.15) is 11.8 Å². The molecule has 1 aliphatic heterocycles. The predicted octanol–water partition coefficient (Wildman–Crippen LogP) is 5.10. The van der Waals surface area contributed by atoms with Gasteiger partial charge in [0, 0.05) is 31.0 Å². The fourth-order valence-corrected chi connectivity index (χ4v) is 4.36. The van der Waals surface area contributed by atoms with E-state index in [1.807, 2.05) is 30.3 Å². The fraction of sp³-hybridized carbons (Fsp3) is 0.417. The third-order valence-electron chi connectivity index (χ3n) is 5.00. The molecule has 30 heavy (non-hydrogen) atoms. The number of thioether (sulfide) groups is 1. The van der Waals surface area contributed by atoms with Crippen LogP contribution in [0.4, 0.5) is 10.1 Å². The van der Waals surface area contributed by atoms with Crippen LogP contribution < -0.4 is 14.4 Å². The van der Waals surface area contributed by atoms with Crippen molar-refractivity contribution in [3.05, 3.63) is 53.3 Å². The zero-order chi connectivity index (χ0) is 21.3. The lowest BCUT2D eigenvalue weighted by Gasteiger charge is -2.33. The summed E-state index contributed by atoms with van der Waals surface area (Å²) >= 11 is 1.80. The third kappa shape index (κ3) is 5.49. The van der Waals surface area contributed by atoms with Gasteiger partial charge in [0.05, 0.1) is 19.4 Å². The number of halogens is 1. The Morgan fingerprint density at radius 3 is 2.63 bits per heavy atom. The maximum atomic E-state index is 14.9. The summed E-state index contributed by atoms with van der Waals surface area (Å²) in [6.07, 6.45) is 3.63. The SMILES string of the molecule is CCCOc1ccc(F)c2c1N(CCSCCCO)CC(c1ccc(OC)cc1)=C2. The van der Waals surface area contributed by atoms with Gasteiger partial charge in [0.1, 0.15) is 17.3 Å². The van der Waals surface area contributed by atoms with Crippen molar-refractivity contribution in [2.75, 3.05) is 49.8 Å². The minimum absolute atomic E-state index is 0.212. The van der Waals surface area contributed by atoms with Gasteiger partial charge in [0.2, 0.25) is 0 Å². The van der Waals surface area contributed by atoms with E-state index in [4.69, 9.17) is 14.6 Å². The summed E-state index contributed by atoms with van der Waals surface area (Å²) < 4.78 is 26.1. The van der Waals surface area contributed by atoms with E-state index in [-0.39, 0.29) is 12.4 Å². The first-order valence-electron chi connectivity index (χ1n) is 10.4. The van der Waals surface area contributed by atoms with Crippen molar-refractivity contribution >= 4 is 29.1 Å². The molecule has 4 nitrogen and oxygen atoms in total. The highest BCUT2D eigenvalue weighted by Gasteiger charge is 2.25. The van der Waals surface area contributed by atoms with Crippen molar-refractivity contribution in [1.82, 2.24) is 0 Å². The first-order valence-corrected chi connectivity index (χ1v) is 11.6. The van der Waals surface area contributed by atoms with E-state index < -0.39 is 0 Å². The van der Waals surface area contributed by atoms with Gasteiger partial charge in [-0.05, 0) is 60.1 Å². The Morgan fingerprint density at radius 2 is 1.93 bits per heavy atom. The zero-order valence-corrected chi connectivity index (χ0v) is 18.5. The first-order chi connectivity index (χ1) is 14.7. The molecule has 1 heterocycles. The Kier molecular flexibility index (Phi) is 8.46. The molecule has 0 saturated carbocycles. The molecule has 1 N–H and O–H groups in total. The number of aliphatic hydroxyl groups is 1. The third-order valence-corrected chi connectivity index (χ3v) is 6.05. The Balaban J connectivity index is 1.92. The molecule has 2 aromatic carbocycles. The summed E-state index contributed by atoms with van der Waals surface area (Å²) in [5.74, 6) is 3.12. The lowest BCUT2D eigenvalue weighted by atomic mass is 9.96. The summed E-state index contributed by atoms with van der Waals surface area (Å²) in [6.45, 7) is 4.35. The largest absolute Gasteiger partial charge is 0.497 e. The molecule has 0 fully saturated rings. The number of anilines is 1. The molecule has 2 aromatic rings.